The van der Waals surface area contributed by atoms with E-state index in [9.17, 15) is 5.11 Å². The lowest BCUT2D eigenvalue weighted by molar-refractivity contribution is 0.0900. The van der Waals surface area contributed by atoms with E-state index >= 15 is 0 Å². The zero-order chi connectivity index (χ0) is 11.3. The average molecular weight is 251 g/mol. The smallest absolute Gasteiger partial charge is 0.0639 e. The third-order valence-corrected chi connectivity index (χ3v) is 3.18. The van der Waals surface area contributed by atoms with Crippen LogP contribution < -0.4 is 5.32 Å². The van der Waals surface area contributed by atoms with Gasteiger partial charge in [-0.25, -0.2) is 0 Å². The molecule has 16 heavy (non-hydrogen) atoms. The van der Waals surface area contributed by atoms with Crippen LogP contribution in [0.2, 0.25) is 0 Å². The molecule has 0 aromatic rings. The molecule has 0 spiro atoms. The highest BCUT2D eigenvalue weighted by Crippen LogP contribution is 2.15. The highest BCUT2D eigenvalue weighted by atomic mass is 35.5. The second-order valence-electron chi connectivity index (χ2n) is 5.09. The highest BCUT2D eigenvalue weighted by molar-refractivity contribution is 5.85. The van der Waals surface area contributed by atoms with E-state index < -0.39 is 0 Å². The molecule has 1 rings (SSSR count). The van der Waals surface area contributed by atoms with Gasteiger partial charge in [0.15, 0.2) is 0 Å². The van der Waals surface area contributed by atoms with Gasteiger partial charge in [0.25, 0.3) is 0 Å². The molecular weight excluding hydrogens is 224 g/mol. The molecule has 0 bridgehead atoms. The lowest BCUT2D eigenvalue weighted by Crippen LogP contribution is -2.42. The van der Waals surface area contributed by atoms with Crippen LogP contribution >= 0.6 is 12.4 Å². The molecule has 1 atom stereocenters. The minimum Gasteiger partial charge on any atom is -0.392 e. The van der Waals surface area contributed by atoms with Gasteiger partial charge in [-0.1, -0.05) is 0 Å². The summed E-state index contributed by atoms with van der Waals surface area (Å²) in [5.74, 6) is 0.812. The normalized spacial score (nSPS) is 19.9. The molecule has 1 aliphatic heterocycles. The van der Waals surface area contributed by atoms with Crippen LogP contribution in [0.5, 0.6) is 0 Å². The monoisotopic (exact) mass is 250 g/mol. The molecule has 98 valence electrons. The van der Waals surface area contributed by atoms with E-state index in [2.05, 4.69) is 24.1 Å². The Morgan fingerprint density at radius 1 is 1.25 bits per heavy atom. The topological polar surface area (TPSA) is 35.5 Å². The molecule has 1 fully saturated rings. The lowest BCUT2D eigenvalue weighted by Gasteiger charge is -2.33. The summed E-state index contributed by atoms with van der Waals surface area (Å²) < 4.78 is 0. The van der Waals surface area contributed by atoms with Gasteiger partial charge in [0.2, 0.25) is 0 Å². The van der Waals surface area contributed by atoms with Crippen LogP contribution in [0.4, 0.5) is 0 Å². The molecule has 3 nitrogen and oxygen atoms in total. The minimum absolute atomic E-state index is 0. The van der Waals surface area contributed by atoms with E-state index in [0.717, 1.165) is 32.1 Å². The number of aliphatic hydroxyl groups excluding tert-OH is 1. The van der Waals surface area contributed by atoms with Crippen molar-refractivity contribution in [2.45, 2.75) is 45.8 Å². The van der Waals surface area contributed by atoms with Crippen molar-refractivity contribution < 1.29 is 5.11 Å². The predicted octanol–water partition coefficient (Wildman–Crippen LogP) is 1.50. The molecule has 1 saturated heterocycles. The average Bonchev–Trinajstić information content (AvgIpc) is 2.17. The Balaban J connectivity index is 0.00000225. The zero-order valence-corrected chi connectivity index (χ0v) is 11.6. The fraction of sp³-hybridized carbons (Fsp3) is 1.00. The van der Waals surface area contributed by atoms with Gasteiger partial charge in [-0.15, -0.1) is 12.4 Å². The van der Waals surface area contributed by atoms with Crippen LogP contribution in [0.1, 0.15) is 33.6 Å². The minimum atomic E-state index is -0.214. The summed E-state index contributed by atoms with van der Waals surface area (Å²) in [6, 6.07) is 0.537. The molecule has 0 aromatic carbocycles. The molecule has 0 aromatic heterocycles. The fourth-order valence-electron chi connectivity index (χ4n) is 2.23. The summed E-state index contributed by atoms with van der Waals surface area (Å²) in [5.41, 5.74) is 0. The van der Waals surface area contributed by atoms with Crippen molar-refractivity contribution in [3.63, 3.8) is 0 Å². The van der Waals surface area contributed by atoms with Gasteiger partial charge in [0, 0.05) is 19.1 Å². The van der Waals surface area contributed by atoms with Crippen LogP contribution in [0, 0.1) is 5.92 Å². The maximum Gasteiger partial charge on any atom is 0.0639 e. The molecule has 0 saturated carbocycles. The van der Waals surface area contributed by atoms with Gasteiger partial charge < -0.3 is 10.4 Å². The Bertz CT molecular complexity index is 170. The van der Waals surface area contributed by atoms with E-state index in [1.165, 1.54) is 12.8 Å². The Kier molecular flexibility index (Phi) is 8.38. The number of nitrogens with zero attached hydrogens (tertiary/aromatic N) is 1. The predicted molar refractivity (Wildman–Crippen MR) is 71.2 cm³/mol. The van der Waals surface area contributed by atoms with Gasteiger partial charge in [-0.2, -0.15) is 0 Å². The Labute approximate surface area is 106 Å². The number of halogens is 1. The molecule has 0 amide bonds. The molecular formula is C12H27ClN2O. The third-order valence-electron chi connectivity index (χ3n) is 3.18. The summed E-state index contributed by atoms with van der Waals surface area (Å²) in [6.07, 6.45) is 2.35. The Hall–Kier alpha value is 0.170. The second-order valence-corrected chi connectivity index (χ2v) is 5.09. The van der Waals surface area contributed by atoms with E-state index in [0.29, 0.717) is 6.04 Å². The van der Waals surface area contributed by atoms with Crippen molar-refractivity contribution in [3.05, 3.63) is 0 Å². The third kappa shape index (κ3) is 6.04. The van der Waals surface area contributed by atoms with Crippen molar-refractivity contribution in [1.82, 2.24) is 10.2 Å². The van der Waals surface area contributed by atoms with Gasteiger partial charge in [0.1, 0.15) is 0 Å². The molecule has 4 heteroatoms. The number of hydrogen-bond donors (Lipinski definition) is 2. The van der Waals surface area contributed by atoms with Gasteiger partial charge in [0.05, 0.1) is 6.10 Å². The molecule has 1 heterocycles. The van der Waals surface area contributed by atoms with Gasteiger partial charge in [-0.05, 0) is 52.6 Å². The summed E-state index contributed by atoms with van der Waals surface area (Å²) in [5, 5.41) is 12.8. The summed E-state index contributed by atoms with van der Waals surface area (Å²) in [7, 11) is 0. The molecule has 1 unspecified atom stereocenters. The van der Waals surface area contributed by atoms with Crippen molar-refractivity contribution in [2.24, 2.45) is 5.92 Å². The lowest BCUT2D eigenvalue weighted by atomic mass is 9.97. The number of nitrogens with one attached hydrogen (secondary N) is 1. The van der Waals surface area contributed by atoms with Crippen molar-refractivity contribution in [2.75, 3.05) is 26.2 Å². The molecule has 0 aliphatic carbocycles. The Morgan fingerprint density at radius 2 is 1.81 bits per heavy atom. The number of piperidine rings is 1. The first-order valence-electron chi connectivity index (χ1n) is 6.22. The fourth-order valence-corrected chi connectivity index (χ4v) is 2.23. The van der Waals surface area contributed by atoms with Crippen molar-refractivity contribution >= 4 is 12.4 Å². The van der Waals surface area contributed by atoms with Gasteiger partial charge >= 0.3 is 0 Å². The first-order valence-corrected chi connectivity index (χ1v) is 6.22. The van der Waals surface area contributed by atoms with Crippen LogP contribution in [-0.4, -0.2) is 48.3 Å². The maximum absolute atomic E-state index is 9.45. The van der Waals surface area contributed by atoms with E-state index in [-0.39, 0.29) is 18.5 Å². The van der Waals surface area contributed by atoms with Crippen LogP contribution in [0.3, 0.4) is 0 Å². The highest BCUT2D eigenvalue weighted by Gasteiger charge is 2.19. The number of aliphatic hydroxyl groups is 1. The van der Waals surface area contributed by atoms with E-state index in [1.54, 1.807) is 0 Å². The molecule has 0 radical (unpaired) electrons. The standard InChI is InChI=1S/C12H26N2O.ClH/c1-10(2)14(8-11(3)15)9-12-4-6-13-7-5-12;/h10-13,15H,4-9H2,1-3H3;1H. The first-order chi connectivity index (χ1) is 7.09. The van der Waals surface area contributed by atoms with Crippen molar-refractivity contribution in [1.29, 1.82) is 0 Å². The SMILES string of the molecule is CC(O)CN(CC1CCNCC1)C(C)C.Cl. The largest absolute Gasteiger partial charge is 0.392 e. The van der Waals surface area contributed by atoms with Crippen molar-refractivity contribution in [3.8, 4) is 0 Å². The summed E-state index contributed by atoms with van der Waals surface area (Å²) in [6.45, 7) is 10.6. The molecule has 1 aliphatic rings. The maximum atomic E-state index is 9.45. The molecule has 2 N–H and O–H groups in total. The second kappa shape index (κ2) is 8.29. The first kappa shape index (κ1) is 16.2. The Morgan fingerprint density at radius 3 is 2.25 bits per heavy atom. The van der Waals surface area contributed by atoms with Crippen LogP contribution in [0.15, 0.2) is 0 Å². The van der Waals surface area contributed by atoms with E-state index in [4.69, 9.17) is 0 Å². The van der Waals surface area contributed by atoms with E-state index in [1.807, 2.05) is 6.92 Å². The zero-order valence-electron chi connectivity index (χ0n) is 10.8. The van der Waals surface area contributed by atoms with Gasteiger partial charge in [-0.3, -0.25) is 4.90 Å². The quantitative estimate of drug-likeness (QED) is 0.776. The van der Waals surface area contributed by atoms with Crippen LogP contribution in [0.25, 0.3) is 0 Å². The number of rotatable bonds is 5. The summed E-state index contributed by atoms with van der Waals surface area (Å²) in [4.78, 5) is 2.40. The number of hydrogen-bond acceptors (Lipinski definition) is 3. The summed E-state index contributed by atoms with van der Waals surface area (Å²) >= 11 is 0. The van der Waals surface area contributed by atoms with Crippen LogP contribution in [-0.2, 0) is 0 Å².